The van der Waals surface area contributed by atoms with Gasteiger partial charge in [0.2, 0.25) is 5.91 Å². The number of imide groups is 1. The van der Waals surface area contributed by atoms with E-state index in [1.54, 1.807) is 24.5 Å². The number of aliphatic hydroxyl groups excluding tert-OH is 2. The number of fused-ring (bicyclic) bond motifs is 2. The summed E-state index contributed by atoms with van der Waals surface area (Å²) in [6.45, 7) is 1.42. The van der Waals surface area contributed by atoms with Crippen LogP contribution in [0.3, 0.4) is 0 Å². The lowest BCUT2D eigenvalue weighted by molar-refractivity contribution is -0.131. The Hall–Kier alpha value is -6.90. The van der Waals surface area contributed by atoms with Gasteiger partial charge in [0.05, 0.1) is 34.6 Å². The number of nitrogens with zero attached hydrogens (tertiary/aromatic N) is 4. The fourth-order valence-corrected chi connectivity index (χ4v) is 9.52. The van der Waals surface area contributed by atoms with Gasteiger partial charge >= 0.3 is 0 Å². The van der Waals surface area contributed by atoms with Gasteiger partial charge in [0.25, 0.3) is 17.7 Å². The molecule has 3 aliphatic rings. The number of anilines is 1. The molecule has 1 saturated heterocycles. The van der Waals surface area contributed by atoms with Crippen LogP contribution < -0.4 is 21.4 Å². The monoisotopic (exact) mass is 860 g/mol. The number of carbonyl (C=O) groups is 4. The van der Waals surface area contributed by atoms with Crippen LogP contribution in [0.15, 0.2) is 109 Å². The van der Waals surface area contributed by atoms with Crippen LogP contribution in [0.2, 0.25) is 0 Å². The minimum absolute atomic E-state index is 0.0746. The largest absolute Gasteiger partial charge is 0.393 e. The van der Waals surface area contributed by atoms with E-state index in [0.29, 0.717) is 54.9 Å². The van der Waals surface area contributed by atoms with Crippen LogP contribution in [-0.4, -0.2) is 84.3 Å². The number of piperidine rings is 1. The zero-order valence-electron chi connectivity index (χ0n) is 35.5. The minimum Gasteiger partial charge on any atom is -0.393 e. The summed E-state index contributed by atoms with van der Waals surface area (Å²) in [5, 5.41) is 39.2. The van der Waals surface area contributed by atoms with Crippen molar-refractivity contribution < 1.29 is 29.4 Å². The van der Waals surface area contributed by atoms with E-state index in [9.17, 15) is 34.8 Å². The molecule has 4 heterocycles. The van der Waals surface area contributed by atoms with Gasteiger partial charge in [-0.05, 0) is 98.7 Å². The predicted molar refractivity (Wildman–Crippen MR) is 242 cm³/mol. The van der Waals surface area contributed by atoms with Gasteiger partial charge in [0.1, 0.15) is 23.4 Å². The summed E-state index contributed by atoms with van der Waals surface area (Å²) in [4.78, 5) is 58.8. The van der Waals surface area contributed by atoms with E-state index in [0.717, 1.165) is 70.3 Å². The van der Waals surface area contributed by atoms with Gasteiger partial charge in [-0.25, -0.2) is 4.98 Å². The molecule has 0 radical (unpaired) electrons. The fourth-order valence-electron chi connectivity index (χ4n) is 9.52. The number of nitrogens with one attached hydrogen (secondary N) is 4. The van der Waals surface area contributed by atoms with Crippen molar-refractivity contribution in [1.29, 1.82) is 5.41 Å². The summed E-state index contributed by atoms with van der Waals surface area (Å²) < 4.78 is 4.14. The zero-order valence-corrected chi connectivity index (χ0v) is 35.5. The Morgan fingerprint density at radius 3 is 2.23 bits per heavy atom. The van der Waals surface area contributed by atoms with Crippen LogP contribution in [-0.2, 0) is 11.3 Å². The van der Waals surface area contributed by atoms with Crippen molar-refractivity contribution in [2.24, 2.45) is 0 Å². The third kappa shape index (κ3) is 8.33. The number of aliphatic hydroxyl groups is 2. The molecule has 1 aliphatic carbocycles. The number of hydrogen-bond donors (Lipinski definition) is 6. The van der Waals surface area contributed by atoms with Crippen LogP contribution in [0.1, 0.15) is 100 Å². The Morgan fingerprint density at radius 1 is 0.766 bits per heavy atom. The number of hydrogen-bond acceptors (Lipinski definition) is 9. The summed E-state index contributed by atoms with van der Waals surface area (Å²) in [5.41, 5.74) is 7.41. The lowest BCUT2D eigenvalue weighted by Gasteiger charge is -2.31. The summed E-state index contributed by atoms with van der Waals surface area (Å²) in [6.07, 6.45) is 6.17. The molecular formula is C50H52N8O6. The van der Waals surface area contributed by atoms with Crippen molar-refractivity contribution in [2.45, 2.75) is 88.7 Å². The highest BCUT2D eigenvalue weighted by molar-refractivity contribution is 6.25. The van der Waals surface area contributed by atoms with Crippen LogP contribution in [0.4, 0.5) is 5.69 Å². The van der Waals surface area contributed by atoms with Crippen molar-refractivity contribution in [1.82, 2.24) is 29.7 Å². The van der Waals surface area contributed by atoms with Crippen LogP contribution >= 0.6 is 0 Å². The van der Waals surface area contributed by atoms with E-state index in [1.165, 1.54) is 0 Å². The highest BCUT2D eigenvalue weighted by atomic mass is 16.3. The highest BCUT2D eigenvalue weighted by Gasteiger charge is 2.45. The van der Waals surface area contributed by atoms with Gasteiger partial charge in [-0.2, -0.15) is 0 Å². The van der Waals surface area contributed by atoms with Crippen molar-refractivity contribution in [3.8, 4) is 22.4 Å². The van der Waals surface area contributed by atoms with Gasteiger partial charge in [0, 0.05) is 42.5 Å². The Balaban J connectivity index is 0.869. The van der Waals surface area contributed by atoms with Crippen LogP contribution in [0, 0.1) is 5.41 Å². The second-order valence-electron chi connectivity index (χ2n) is 17.0. The topological polar surface area (TPSA) is 195 Å². The van der Waals surface area contributed by atoms with Gasteiger partial charge in [-0.3, -0.25) is 29.5 Å². The third-order valence-corrected chi connectivity index (χ3v) is 12.8. The molecule has 2 fully saturated rings. The molecule has 64 heavy (non-hydrogen) atoms. The molecular weight excluding hydrogens is 809 g/mol. The SMILES string of the molecule is N=c1c2c(-c3ccccc3)c(-c3ccccc3)n(Cc3cccc(C(=O)NCCCCCNc4cccc5c4C(=O)N(C4CCC(O)NC4=O)C5=O)c3)c2ncn1C1CCC(O)CC1. The number of rotatable bonds is 14. The molecule has 2 unspecified atom stereocenters. The van der Waals surface area contributed by atoms with Gasteiger partial charge < -0.3 is 35.3 Å². The summed E-state index contributed by atoms with van der Waals surface area (Å²) in [5.74, 6) is -1.76. The standard InChI is InChI=1S/C50H52N8O6/c51-45-43-41(32-13-4-1-5-14-32)44(33-15-6-2-7-16-33)56(46(43)54-30-57(45)35-20-22-36(59)23-21-35)29-31-12-10-17-34(28-31)47(61)53-27-9-3-8-26-52-38-19-11-18-37-42(38)50(64)58(49(37)63)39-24-25-40(60)55-48(39)62/h1-2,4-7,10-19,28,30,35-36,39-40,51-52,59-60H,3,8-9,20-27,29H2,(H,53,61)(H,55,62). The van der Waals surface area contributed by atoms with E-state index in [2.05, 4.69) is 44.8 Å². The second-order valence-corrected chi connectivity index (χ2v) is 17.0. The average Bonchev–Trinajstić information content (AvgIpc) is 3.77. The Labute approximate surface area is 370 Å². The molecule has 2 aromatic heterocycles. The first-order valence-corrected chi connectivity index (χ1v) is 22.2. The normalized spacial score (nSPS) is 19.7. The predicted octanol–water partition coefficient (Wildman–Crippen LogP) is 6.38. The highest BCUT2D eigenvalue weighted by Crippen LogP contribution is 2.40. The molecule has 328 valence electrons. The van der Waals surface area contributed by atoms with Crippen molar-refractivity contribution in [3.63, 3.8) is 0 Å². The third-order valence-electron chi connectivity index (χ3n) is 12.8. The first-order valence-electron chi connectivity index (χ1n) is 22.2. The van der Waals surface area contributed by atoms with Gasteiger partial charge in [-0.15, -0.1) is 0 Å². The van der Waals surface area contributed by atoms with Gasteiger partial charge in [-0.1, -0.05) is 78.9 Å². The Kier molecular flexibility index (Phi) is 12.2. The molecule has 2 aliphatic heterocycles. The molecule has 1 saturated carbocycles. The van der Waals surface area contributed by atoms with E-state index >= 15 is 0 Å². The van der Waals surface area contributed by atoms with Crippen molar-refractivity contribution in [3.05, 3.63) is 137 Å². The van der Waals surface area contributed by atoms with Gasteiger partial charge in [0.15, 0.2) is 0 Å². The zero-order chi connectivity index (χ0) is 44.3. The lowest BCUT2D eigenvalue weighted by atomic mass is 9.93. The first kappa shape index (κ1) is 42.4. The molecule has 2 atom stereocenters. The molecule has 0 spiro atoms. The average molecular weight is 861 g/mol. The smallest absolute Gasteiger partial charge is 0.264 e. The van der Waals surface area contributed by atoms with Crippen molar-refractivity contribution in [2.75, 3.05) is 18.4 Å². The number of amides is 4. The second kappa shape index (κ2) is 18.4. The molecule has 4 aromatic carbocycles. The Morgan fingerprint density at radius 2 is 1.48 bits per heavy atom. The molecule has 9 rings (SSSR count). The summed E-state index contributed by atoms with van der Waals surface area (Å²) >= 11 is 0. The first-order chi connectivity index (χ1) is 31.2. The van der Waals surface area contributed by atoms with E-state index in [4.69, 9.17) is 4.98 Å². The summed E-state index contributed by atoms with van der Waals surface area (Å²) in [6, 6.07) is 32.1. The maximum absolute atomic E-state index is 13.5. The fraction of sp³-hybridized carbons (Fsp3) is 0.320. The maximum atomic E-state index is 13.5. The minimum atomic E-state index is -0.989. The molecule has 6 N–H and O–H groups in total. The van der Waals surface area contributed by atoms with Crippen LogP contribution in [0.5, 0.6) is 0 Å². The molecule has 4 amide bonds. The molecule has 14 nitrogen and oxygen atoms in total. The number of unbranched alkanes of at least 4 members (excludes halogenated alkanes) is 2. The maximum Gasteiger partial charge on any atom is 0.264 e. The Bertz CT molecular complexity index is 2780. The number of aromatic nitrogens is 3. The summed E-state index contributed by atoms with van der Waals surface area (Å²) in [7, 11) is 0. The number of benzene rings is 4. The quantitative estimate of drug-likeness (QED) is 0.0536. The van der Waals surface area contributed by atoms with E-state index < -0.39 is 30.0 Å². The molecule has 6 aromatic rings. The molecule has 0 bridgehead atoms. The lowest BCUT2D eigenvalue weighted by Crippen LogP contribution is -2.55. The van der Waals surface area contributed by atoms with E-state index in [-0.39, 0.29) is 42.0 Å². The van der Waals surface area contributed by atoms with Crippen LogP contribution in [0.25, 0.3) is 33.4 Å². The number of carbonyl (C=O) groups excluding carboxylic acids is 4. The molecule has 14 heteroatoms. The van der Waals surface area contributed by atoms with E-state index in [1.807, 2.05) is 65.2 Å². The van der Waals surface area contributed by atoms with Crippen molar-refractivity contribution >= 4 is 40.3 Å².